The molecule has 0 spiro atoms. The molecule has 0 fully saturated rings. The summed E-state index contributed by atoms with van der Waals surface area (Å²) in [4.78, 5) is 20.3. The molecule has 0 aliphatic carbocycles. The summed E-state index contributed by atoms with van der Waals surface area (Å²) in [5.41, 5.74) is 2.11. The van der Waals surface area contributed by atoms with E-state index in [0.29, 0.717) is 5.69 Å². The zero-order chi connectivity index (χ0) is 20.8. The van der Waals surface area contributed by atoms with Gasteiger partial charge in [-0.15, -0.1) is 6.20 Å². The largest absolute Gasteiger partial charge is 1.00 e. The quantitative estimate of drug-likeness (QED) is 0.289. The number of halogens is 2. The van der Waals surface area contributed by atoms with Crippen LogP contribution in [0.5, 0.6) is 0 Å². The average Bonchev–Trinajstić information content (AvgIpc) is 2.69. The minimum Gasteiger partial charge on any atom is -0.560 e. The number of anilines is 1. The van der Waals surface area contributed by atoms with E-state index in [1.165, 1.54) is 6.20 Å². The summed E-state index contributed by atoms with van der Waals surface area (Å²) >= 11 is 0. The molecule has 0 radical (unpaired) electrons. The molecule has 3 rings (SSSR count). The van der Waals surface area contributed by atoms with Crippen molar-refractivity contribution in [3.63, 3.8) is 0 Å². The van der Waals surface area contributed by atoms with Crippen molar-refractivity contribution in [2.45, 2.75) is 19.4 Å². The molecule has 0 saturated heterocycles. The second kappa shape index (κ2) is 11.5. The fraction of sp³-hybridized carbons (Fsp3) is 0.190. The normalized spacial score (nSPS) is 15.1. The fourth-order valence-electron chi connectivity index (χ4n) is 2.62. The third kappa shape index (κ3) is 6.81. The number of carbonyl (C=O) groups excluding carboxylic acids is 1. The Morgan fingerprint density at radius 1 is 1.30 bits per heavy atom. The molecule has 2 N–H and O–H groups in total. The zero-order valence-corrected chi connectivity index (χ0v) is 20.1. The van der Waals surface area contributed by atoms with Crippen LogP contribution >= 0.6 is 0 Å². The maximum atomic E-state index is 12.8. The molecule has 2 aromatic rings. The van der Waals surface area contributed by atoms with E-state index in [2.05, 4.69) is 26.8 Å². The Kier molecular flexibility index (Phi) is 9.31. The first-order valence-corrected chi connectivity index (χ1v) is 8.89. The number of hydrogen-bond donors (Lipinski definition) is 2. The second-order valence-electron chi connectivity index (χ2n) is 6.50. The van der Waals surface area contributed by atoms with Crippen molar-refractivity contribution in [2.24, 2.45) is 4.99 Å². The standard InChI is InChI=1S/C21H20F2N5O.K/c1-14(25-6-7-26-19-12-28(2)13-19)15-4-3-5-18(9-15)27-21(29)17-8-16(20(22)23)10-24-11-17;/h3-5,7-14,20,25H,1-2H3,(H,27,29);/q-1;+1. The van der Waals surface area contributed by atoms with Crippen LogP contribution in [0.3, 0.4) is 0 Å². The van der Waals surface area contributed by atoms with Crippen molar-refractivity contribution in [1.82, 2.24) is 10.3 Å². The van der Waals surface area contributed by atoms with Crippen LogP contribution in [0.15, 0.2) is 53.9 Å². The van der Waals surface area contributed by atoms with Crippen molar-refractivity contribution < 1.29 is 69.5 Å². The first-order chi connectivity index (χ1) is 13.9. The van der Waals surface area contributed by atoms with Gasteiger partial charge in [0.15, 0.2) is 0 Å². The molecule has 150 valence electrons. The Balaban J connectivity index is 0.00000320. The van der Waals surface area contributed by atoms with Crippen molar-refractivity contribution in [3.05, 3.63) is 78.4 Å². The van der Waals surface area contributed by atoms with Gasteiger partial charge in [0.2, 0.25) is 0 Å². The van der Waals surface area contributed by atoms with E-state index in [-0.39, 0.29) is 68.6 Å². The number of pyridine rings is 1. The van der Waals surface area contributed by atoms with Crippen molar-refractivity contribution >= 4 is 23.5 Å². The first kappa shape index (κ1) is 24.4. The van der Waals surface area contributed by atoms with Crippen molar-refractivity contribution in [1.29, 1.82) is 0 Å². The number of rotatable bonds is 7. The van der Waals surface area contributed by atoms with Gasteiger partial charge in [-0.2, -0.15) is 0 Å². The minimum absolute atomic E-state index is 0. The van der Waals surface area contributed by atoms with E-state index >= 15 is 0 Å². The Labute approximate surface area is 216 Å². The number of nitrogens with zero attached hydrogens (tertiary/aromatic N) is 3. The molecule has 2 heterocycles. The van der Waals surface area contributed by atoms with Crippen LogP contribution in [0, 0.1) is 12.7 Å². The molecule has 1 aromatic heterocycles. The molecule has 0 bridgehead atoms. The summed E-state index contributed by atoms with van der Waals surface area (Å²) in [6.45, 7) is 3.83. The molecular weight excluding hydrogens is 415 g/mol. The van der Waals surface area contributed by atoms with Gasteiger partial charge in [-0.1, -0.05) is 12.1 Å². The number of amides is 1. The Morgan fingerprint density at radius 2 is 2.07 bits per heavy atom. The van der Waals surface area contributed by atoms with Crippen LogP contribution in [-0.2, 0) is 0 Å². The number of benzene rings is 1. The average molecular weight is 436 g/mol. The van der Waals surface area contributed by atoms with Gasteiger partial charge in [-0.3, -0.25) is 9.78 Å². The van der Waals surface area contributed by atoms with Crippen molar-refractivity contribution in [3.8, 4) is 0 Å². The summed E-state index contributed by atoms with van der Waals surface area (Å²) < 4.78 is 27.5. The third-order valence-corrected chi connectivity index (χ3v) is 4.17. The Bertz CT molecular complexity index is 991. The molecule has 1 aliphatic rings. The summed E-state index contributed by atoms with van der Waals surface area (Å²) in [6.07, 6.45) is 5.98. The van der Waals surface area contributed by atoms with E-state index in [1.807, 2.05) is 37.4 Å². The van der Waals surface area contributed by atoms with Crippen molar-refractivity contribution in [2.75, 3.05) is 12.4 Å². The van der Waals surface area contributed by atoms with Gasteiger partial charge < -0.3 is 26.4 Å². The smallest absolute Gasteiger partial charge is 0.560 e. The number of carbonyl (C=O) groups is 1. The SMILES string of the molecule is CC(N[C-]=CN=C1C=[N+](C)[CH-]1)c1cccc(NC(=O)c2cncc(C(F)F)c2)c1.[K+]. The van der Waals surface area contributed by atoms with Crippen LogP contribution in [0.1, 0.15) is 40.9 Å². The number of alkyl halides is 2. The fourth-order valence-corrected chi connectivity index (χ4v) is 2.62. The molecule has 9 heteroatoms. The van der Waals surface area contributed by atoms with Crippen LogP contribution in [0.2, 0.25) is 0 Å². The monoisotopic (exact) mass is 435 g/mol. The number of nitrogens with one attached hydrogen (secondary N) is 2. The van der Waals surface area contributed by atoms with Crippen LogP contribution in [-0.4, -0.2) is 34.4 Å². The number of hydrogen-bond acceptors (Lipinski definition) is 4. The third-order valence-electron chi connectivity index (χ3n) is 4.17. The molecule has 6 nitrogen and oxygen atoms in total. The minimum atomic E-state index is -2.68. The van der Waals surface area contributed by atoms with Crippen LogP contribution < -0.4 is 62.0 Å². The van der Waals surface area contributed by atoms with E-state index in [4.69, 9.17) is 0 Å². The van der Waals surface area contributed by atoms with Gasteiger partial charge >= 0.3 is 51.4 Å². The molecule has 1 aromatic carbocycles. The topological polar surface area (TPSA) is 69.4 Å². The molecular formula is C21H20F2KN5O. The second-order valence-corrected chi connectivity index (χ2v) is 6.50. The maximum absolute atomic E-state index is 12.8. The Hall–Kier alpha value is -1.91. The Morgan fingerprint density at radius 3 is 2.77 bits per heavy atom. The van der Waals surface area contributed by atoms with Gasteiger partial charge in [0, 0.05) is 29.7 Å². The maximum Gasteiger partial charge on any atom is 1.00 e. The summed E-state index contributed by atoms with van der Waals surface area (Å²) in [6, 6.07) is 8.29. The van der Waals surface area contributed by atoms with Gasteiger partial charge in [-0.05, 0) is 30.7 Å². The predicted octanol–water partition coefficient (Wildman–Crippen LogP) is 0.530. The van der Waals surface area contributed by atoms with Crippen LogP contribution in [0.4, 0.5) is 14.5 Å². The molecule has 1 amide bonds. The molecule has 1 unspecified atom stereocenters. The van der Waals surface area contributed by atoms with E-state index in [9.17, 15) is 13.6 Å². The van der Waals surface area contributed by atoms with Gasteiger partial charge in [0.25, 0.3) is 12.3 Å². The van der Waals surface area contributed by atoms with E-state index < -0.39 is 12.3 Å². The molecule has 1 atom stereocenters. The number of aromatic nitrogens is 1. The summed E-state index contributed by atoms with van der Waals surface area (Å²) in [7, 11) is 1.92. The van der Waals surface area contributed by atoms with Gasteiger partial charge in [-0.25, -0.2) is 8.78 Å². The zero-order valence-electron chi connectivity index (χ0n) is 16.9. The summed E-state index contributed by atoms with van der Waals surface area (Å²) in [5, 5.41) is 5.79. The van der Waals surface area contributed by atoms with Gasteiger partial charge in [0.05, 0.1) is 24.0 Å². The van der Waals surface area contributed by atoms with E-state index in [1.54, 1.807) is 24.4 Å². The number of aliphatic imine (C=N–C) groups is 1. The van der Waals surface area contributed by atoms with Gasteiger partial charge in [0.1, 0.15) is 7.05 Å². The van der Waals surface area contributed by atoms with E-state index in [0.717, 1.165) is 23.5 Å². The van der Waals surface area contributed by atoms with Crippen LogP contribution in [0.25, 0.3) is 0 Å². The molecule has 0 saturated carbocycles. The molecule has 1 aliphatic heterocycles. The summed E-state index contributed by atoms with van der Waals surface area (Å²) in [5.74, 6) is -0.502. The molecule has 30 heavy (non-hydrogen) atoms. The first-order valence-electron chi connectivity index (χ1n) is 8.89. The predicted molar refractivity (Wildman–Crippen MR) is 107 cm³/mol.